The van der Waals surface area contributed by atoms with Crippen molar-refractivity contribution in [2.45, 2.75) is 45.4 Å². The number of carbonyl (C=O) groups excluding carboxylic acids is 2. The highest BCUT2D eigenvalue weighted by Crippen LogP contribution is 2.30. The van der Waals surface area contributed by atoms with Gasteiger partial charge in [-0.1, -0.05) is 36.4 Å². The van der Waals surface area contributed by atoms with Gasteiger partial charge in [0.15, 0.2) is 17.1 Å². The Kier molecular flexibility index (Phi) is 8.51. The van der Waals surface area contributed by atoms with Crippen LogP contribution < -0.4 is 10.1 Å². The van der Waals surface area contributed by atoms with Gasteiger partial charge in [0, 0.05) is 11.9 Å². The average molecular weight is 489 g/mol. The predicted molar refractivity (Wildman–Crippen MR) is 130 cm³/mol. The van der Waals surface area contributed by atoms with E-state index in [2.05, 4.69) is 15.5 Å². The second-order valence-corrected chi connectivity index (χ2v) is 9.42. The third-order valence-corrected chi connectivity index (χ3v) is 6.99. The molecule has 0 fully saturated rings. The lowest BCUT2D eigenvalue weighted by molar-refractivity contribution is -0.113. The number of nitrogens with zero attached hydrogens (tertiary/aromatic N) is 3. The van der Waals surface area contributed by atoms with E-state index in [1.54, 1.807) is 13.0 Å². The van der Waals surface area contributed by atoms with Gasteiger partial charge in [0.05, 0.1) is 17.9 Å². The van der Waals surface area contributed by atoms with Crippen molar-refractivity contribution in [3.05, 3.63) is 52.2 Å². The molecule has 0 spiro atoms. The normalized spacial score (nSPS) is 11.8. The molecule has 33 heavy (non-hydrogen) atoms. The number of aromatic nitrogens is 3. The third-order valence-electron chi connectivity index (χ3n) is 4.78. The Morgan fingerprint density at radius 2 is 1.94 bits per heavy atom. The Morgan fingerprint density at radius 1 is 1.21 bits per heavy atom. The van der Waals surface area contributed by atoms with E-state index in [0.717, 1.165) is 22.6 Å². The number of ether oxygens (including phenoxy) is 2. The van der Waals surface area contributed by atoms with Crippen LogP contribution in [0, 0.1) is 6.92 Å². The number of thiophene rings is 1. The lowest BCUT2D eigenvalue weighted by Gasteiger charge is -2.14. The van der Waals surface area contributed by atoms with Crippen molar-refractivity contribution in [1.82, 2.24) is 14.8 Å². The van der Waals surface area contributed by atoms with Gasteiger partial charge in [-0.05, 0) is 45.4 Å². The highest BCUT2D eigenvalue weighted by molar-refractivity contribution is 7.99. The van der Waals surface area contributed by atoms with Gasteiger partial charge >= 0.3 is 5.97 Å². The van der Waals surface area contributed by atoms with E-state index in [1.807, 2.05) is 56.7 Å². The quantitative estimate of drug-likeness (QED) is 0.324. The van der Waals surface area contributed by atoms with Crippen molar-refractivity contribution in [2.24, 2.45) is 7.05 Å². The molecular formula is C23H28N4O4S2. The number of hydrogen-bond donors (Lipinski definition) is 1. The molecule has 8 nitrogen and oxygen atoms in total. The van der Waals surface area contributed by atoms with Gasteiger partial charge in [0.2, 0.25) is 5.91 Å². The SMILES string of the molecule is CCOC(=O)c1cc(CC)sc1NC(=O)CSc1nnc(C(C)Oc2ccc(C)cc2)n1C. The summed E-state index contributed by atoms with van der Waals surface area (Å²) >= 11 is 2.65. The molecule has 1 amide bonds. The summed E-state index contributed by atoms with van der Waals surface area (Å²) in [7, 11) is 1.84. The molecule has 0 aliphatic heterocycles. The van der Waals surface area contributed by atoms with Crippen molar-refractivity contribution in [1.29, 1.82) is 0 Å². The first kappa shape index (κ1) is 24.8. The van der Waals surface area contributed by atoms with Crippen LogP contribution in [0.1, 0.15) is 53.5 Å². The number of esters is 1. The van der Waals surface area contributed by atoms with Crippen LogP contribution in [-0.4, -0.2) is 39.0 Å². The number of benzene rings is 1. The molecule has 0 saturated heterocycles. The monoisotopic (exact) mass is 488 g/mol. The predicted octanol–water partition coefficient (Wildman–Crippen LogP) is 4.79. The number of rotatable bonds is 10. The number of amides is 1. The Hall–Kier alpha value is -2.85. The standard InChI is InChI=1S/C23H28N4O4S2/c1-6-17-12-18(22(29)30-7-2)21(33-17)24-19(28)13-32-23-26-25-20(27(23)5)15(4)31-16-10-8-14(3)9-11-16/h8-12,15H,6-7,13H2,1-5H3,(H,24,28). The van der Waals surface area contributed by atoms with E-state index in [9.17, 15) is 9.59 Å². The highest BCUT2D eigenvalue weighted by atomic mass is 32.2. The second-order valence-electron chi connectivity index (χ2n) is 7.34. The first-order valence-corrected chi connectivity index (χ1v) is 12.5. The Labute approximate surface area is 201 Å². The van der Waals surface area contributed by atoms with Gasteiger partial charge in [0.1, 0.15) is 10.8 Å². The smallest absolute Gasteiger partial charge is 0.341 e. The fraction of sp³-hybridized carbons (Fsp3) is 0.391. The maximum absolute atomic E-state index is 12.6. The van der Waals surface area contributed by atoms with Crippen LogP contribution in [0.2, 0.25) is 0 Å². The molecule has 0 saturated carbocycles. The van der Waals surface area contributed by atoms with Crippen LogP contribution in [-0.2, 0) is 23.0 Å². The molecular weight excluding hydrogens is 460 g/mol. The molecule has 0 aliphatic carbocycles. The summed E-state index contributed by atoms with van der Waals surface area (Å²) in [5, 5.41) is 12.4. The zero-order chi connectivity index (χ0) is 24.0. The lowest BCUT2D eigenvalue weighted by Crippen LogP contribution is -2.16. The van der Waals surface area contributed by atoms with E-state index in [1.165, 1.54) is 23.1 Å². The summed E-state index contributed by atoms with van der Waals surface area (Å²) in [4.78, 5) is 25.8. The molecule has 1 aromatic carbocycles. The summed E-state index contributed by atoms with van der Waals surface area (Å²) in [6.45, 7) is 7.96. The number of carbonyl (C=O) groups is 2. The molecule has 0 radical (unpaired) electrons. The molecule has 0 aliphatic rings. The molecule has 3 aromatic rings. The first-order valence-electron chi connectivity index (χ1n) is 10.7. The number of anilines is 1. The summed E-state index contributed by atoms with van der Waals surface area (Å²) in [6.07, 6.45) is 0.464. The topological polar surface area (TPSA) is 95.3 Å². The molecule has 3 rings (SSSR count). The van der Waals surface area contributed by atoms with Gasteiger partial charge in [-0.25, -0.2) is 4.79 Å². The van der Waals surface area contributed by atoms with Crippen LogP contribution in [0.5, 0.6) is 5.75 Å². The second kappa shape index (κ2) is 11.3. The third kappa shape index (κ3) is 6.35. The van der Waals surface area contributed by atoms with Gasteiger partial charge in [-0.3, -0.25) is 4.79 Å². The summed E-state index contributed by atoms with van der Waals surface area (Å²) in [5.41, 5.74) is 1.55. The molecule has 2 heterocycles. The van der Waals surface area contributed by atoms with E-state index in [4.69, 9.17) is 9.47 Å². The molecule has 10 heteroatoms. The minimum absolute atomic E-state index is 0.126. The summed E-state index contributed by atoms with van der Waals surface area (Å²) in [6, 6.07) is 9.59. The summed E-state index contributed by atoms with van der Waals surface area (Å²) in [5.74, 6) is 0.875. The van der Waals surface area contributed by atoms with Crippen molar-refractivity contribution in [2.75, 3.05) is 17.7 Å². The fourth-order valence-electron chi connectivity index (χ4n) is 3.04. The number of thioether (sulfide) groups is 1. The van der Waals surface area contributed by atoms with Crippen LogP contribution in [0.15, 0.2) is 35.5 Å². The van der Waals surface area contributed by atoms with Gasteiger partial charge < -0.3 is 19.4 Å². The van der Waals surface area contributed by atoms with Gasteiger partial charge in [-0.2, -0.15) is 0 Å². The molecule has 2 aromatic heterocycles. The van der Waals surface area contributed by atoms with Crippen LogP contribution >= 0.6 is 23.1 Å². The minimum Gasteiger partial charge on any atom is -0.483 e. The maximum Gasteiger partial charge on any atom is 0.341 e. The van der Waals surface area contributed by atoms with E-state index < -0.39 is 5.97 Å². The van der Waals surface area contributed by atoms with E-state index in [0.29, 0.717) is 21.5 Å². The number of aryl methyl sites for hydroxylation is 2. The zero-order valence-electron chi connectivity index (χ0n) is 19.4. The molecule has 1 N–H and O–H groups in total. The Bertz CT molecular complexity index is 1110. The molecule has 0 bridgehead atoms. The molecule has 1 unspecified atom stereocenters. The van der Waals surface area contributed by atoms with Crippen LogP contribution in [0.4, 0.5) is 5.00 Å². The highest BCUT2D eigenvalue weighted by Gasteiger charge is 2.21. The zero-order valence-corrected chi connectivity index (χ0v) is 21.0. The number of hydrogen-bond acceptors (Lipinski definition) is 8. The Morgan fingerprint density at radius 3 is 2.61 bits per heavy atom. The molecule has 176 valence electrons. The van der Waals surface area contributed by atoms with Crippen molar-refractivity contribution in [3.8, 4) is 5.75 Å². The Balaban J connectivity index is 1.61. The van der Waals surface area contributed by atoms with Crippen LogP contribution in [0.25, 0.3) is 0 Å². The maximum atomic E-state index is 12.6. The molecule has 1 atom stereocenters. The van der Waals surface area contributed by atoms with E-state index in [-0.39, 0.29) is 24.4 Å². The fourth-order valence-corrected chi connectivity index (χ4v) is 4.76. The first-order chi connectivity index (χ1) is 15.8. The number of nitrogens with one attached hydrogen (secondary N) is 1. The van der Waals surface area contributed by atoms with Crippen LogP contribution in [0.3, 0.4) is 0 Å². The van der Waals surface area contributed by atoms with Gasteiger partial charge in [-0.15, -0.1) is 21.5 Å². The van der Waals surface area contributed by atoms with Crippen molar-refractivity contribution in [3.63, 3.8) is 0 Å². The summed E-state index contributed by atoms with van der Waals surface area (Å²) < 4.78 is 12.9. The lowest BCUT2D eigenvalue weighted by atomic mass is 10.2. The van der Waals surface area contributed by atoms with Crippen molar-refractivity contribution >= 4 is 40.0 Å². The minimum atomic E-state index is -0.433. The largest absolute Gasteiger partial charge is 0.483 e. The van der Waals surface area contributed by atoms with Crippen molar-refractivity contribution < 1.29 is 19.1 Å². The van der Waals surface area contributed by atoms with Gasteiger partial charge in [0.25, 0.3) is 0 Å². The average Bonchev–Trinajstić information content (AvgIpc) is 3.37. The van der Waals surface area contributed by atoms with E-state index >= 15 is 0 Å².